The standard InChI is InChI=1S/C12H17ClN2O2/c1-8(2)5-9(13)6-15-12(17)10-3-4-14-7-11(10)16/h3-4,7-9,16H,5-6H2,1-2H3,(H,15,17). The molecule has 2 N–H and O–H groups in total. The molecular weight excluding hydrogens is 240 g/mol. The van der Waals surface area contributed by atoms with Crippen LogP contribution in [0.4, 0.5) is 0 Å². The molecule has 0 saturated heterocycles. The van der Waals surface area contributed by atoms with Gasteiger partial charge in [0.05, 0.1) is 17.1 Å². The van der Waals surface area contributed by atoms with E-state index < -0.39 is 0 Å². The van der Waals surface area contributed by atoms with Crippen LogP contribution in [-0.4, -0.2) is 27.9 Å². The van der Waals surface area contributed by atoms with Crippen LogP contribution >= 0.6 is 11.6 Å². The third-order valence-electron chi connectivity index (χ3n) is 2.26. The van der Waals surface area contributed by atoms with E-state index in [2.05, 4.69) is 24.1 Å². The lowest BCUT2D eigenvalue weighted by atomic mass is 10.1. The van der Waals surface area contributed by atoms with Crippen molar-refractivity contribution in [3.8, 4) is 5.75 Å². The second-order valence-electron chi connectivity index (χ2n) is 4.33. The highest BCUT2D eigenvalue weighted by Crippen LogP contribution is 2.14. The van der Waals surface area contributed by atoms with Crippen molar-refractivity contribution in [3.05, 3.63) is 24.0 Å². The SMILES string of the molecule is CC(C)CC(Cl)CNC(=O)c1ccncc1O. The highest BCUT2D eigenvalue weighted by atomic mass is 35.5. The molecule has 0 aliphatic carbocycles. The molecule has 17 heavy (non-hydrogen) atoms. The monoisotopic (exact) mass is 256 g/mol. The van der Waals surface area contributed by atoms with Gasteiger partial charge in [0.1, 0.15) is 5.75 Å². The van der Waals surface area contributed by atoms with E-state index in [9.17, 15) is 9.90 Å². The van der Waals surface area contributed by atoms with Crippen LogP contribution in [0.2, 0.25) is 0 Å². The quantitative estimate of drug-likeness (QED) is 0.794. The Morgan fingerprint density at radius 3 is 2.88 bits per heavy atom. The molecule has 1 rings (SSSR count). The summed E-state index contributed by atoms with van der Waals surface area (Å²) in [5, 5.41) is 12.0. The molecule has 1 aromatic heterocycles. The summed E-state index contributed by atoms with van der Waals surface area (Å²) >= 11 is 6.06. The van der Waals surface area contributed by atoms with Crippen molar-refractivity contribution in [2.45, 2.75) is 25.6 Å². The Labute approximate surface area is 106 Å². The lowest BCUT2D eigenvalue weighted by Crippen LogP contribution is -2.30. The predicted octanol–water partition coefficient (Wildman–Crippen LogP) is 2.17. The van der Waals surface area contributed by atoms with Crippen LogP contribution in [0.15, 0.2) is 18.5 Å². The maximum atomic E-state index is 11.7. The molecule has 0 aromatic carbocycles. The van der Waals surface area contributed by atoms with Crippen molar-refractivity contribution in [3.63, 3.8) is 0 Å². The number of amides is 1. The molecule has 1 heterocycles. The normalized spacial score (nSPS) is 12.5. The van der Waals surface area contributed by atoms with Crippen LogP contribution in [0, 0.1) is 5.92 Å². The molecule has 0 saturated carbocycles. The molecule has 5 heteroatoms. The Hall–Kier alpha value is -1.29. The van der Waals surface area contributed by atoms with Gasteiger partial charge in [0.2, 0.25) is 0 Å². The van der Waals surface area contributed by atoms with E-state index in [4.69, 9.17) is 11.6 Å². The predicted molar refractivity (Wildman–Crippen MR) is 67.3 cm³/mol. The molecule has 0 radical (unpaired) electrons. The van der Waals surface area contributed by atoms with Crippen LogP contribution < -0.4 is 5.32 Å². The minimum Gasteiger partial charge on any atom is -0.505 e. The first-order valence-corrected chi connectivity index (χ1v) is 5.99. The van der Waals surface area contributed by atoms with Gasteiger partial charge in [-0.2, -0.15) is 0 Å². The number of aromatic nitrogens is 1. The Kier molecular flexibility index (Phi) is 5.22. The van der Waals surface area contributed by atoms with Crippen LogP contribution in [0.25, 0.3) is 0 Å². The van der Waals surface area contributed by atoms with Crippen molar-refractivity contribution in [2.24, 2.45) is 5.92 Å². The number of nitrogens with zero attached hydrogens (tertiary/aromatic N) is 1. The molecule has 1 aromatic rings. The number of pyridine rings is 1. The number of hydrogen-bond donors (Lipinski definition) is 2. The smallest absolute Gasteiger partial charge is 0.255 e. The van der Waals surface area contributed by atoms with E-state index in [0.717, 1.165) is 6.42 Å². The molecule has 0 bridgehead atoms. The Morgan fingerprint density at radius 1 is 1.59 bits per heavy atom. The second-order valence-corrected chi connectivity index (χ2v) is 4.95. The van der Waals surface area contributed by atoms with E-state index in [-0.39, 0.29) is 22.6 Å². The van der Waals surface area contributed by atoms with E-state index in [0.29, 0.717) is 12.5 Å². The van der Waals surface area contributed by atoms with Crippen molar-refractivity contribution >= 4 is 17.5 Å². The van der Waals surface area contributed by atoms with Gasteiger partial charge >= 0.3 is 0 Å². The van der Waals surface area contributed by atoms with E-state index in [1.54, 1.807) is 0 Å². The van der Waals surface area contributed by atoms with Gasteiger partial charge in [0.15, 0.2) is 0 Å². The second kappa shape index (κ2) is 6.45. The third-order valence-corrected chi connectivity index (χ3v) is 2.59. The van der Waals surface area contributed by atoms with Crippen LogP contribution in [-0.2, 0) is 0 Å². The lowest BCUT2D eigenvalue weighted by Gasteiger charge is -2.13. The maximum absolute atomic E-state index is 11.7. The van der Waals surface area contributed by atoms with E-state index in [1.165, 1.54) is 18.5 Å². The minimum absolute atomic E-state index is 0.0945. The van der Waals surface area contributed by atoms with Gasteiger partial charge in [0.25, 0.3) is 5.91 Å². The number of hydrogen-bond acceptors (Lipinski definition) is 3. The van der Waals surface area contributed by atoms with Gasteiger partial charge in [-0.1, -0.05) is 13.8 Å². The zero-order valence-electron chi connectivity index (χ0n) is 9.98. The summed E-state index contributed by atoms with van der Waals surface area (Å²) in [6, 6.07) is 1.47. The summed E-state index contributed by atoms with van der Waals surface area (Å²) in [4.78, 5) is 15.4. The van der Waals surface area contributed by atoms with E-state index in [1.807, 2.05) is 0 Å². The highest BCUT2D eigenvalue weighted by Gasteiger charge is 2.13. The van der Waals surface area contributed by atoms with Crippen molar-refractivity contribution in [2.75, 3.05) is 6.54 Å². The van der Waals surface area contributed by atoms with Gasteiger partial charge in [-0.15, -0.1) is 11.6 Å². The lowest BCUT2D eigenvalue weighted by molar-refractivity contribution is 0.0950. The number of nitrogens with one attached hydrogen (secondary N) is 1. The number of carbonyl (C=O) groups is 1. The number of aromatic hydroxyl groups is 1. The van der Waals surface area contributed by atoms with Crippen molar-refractivity contribution in [1.82, 2.24) is 10.3 Å². The fraction of sp³-hybridized carbons (Fsp3) is 0.500. The molecule has 0 aliphatic rings. The molecule has 1 atom stereocenters. The number of halogens is 1. The fourth-order valence-electron chi connectivity index (χ4n) is 1.47. The third kappa shape index (κ3) is 4.61. The van der Waals surface area contributed by atoms with Gasteiger partial charge in [-0.25, -0.2) is 0 Å². The topological polar surface area (TPSA) is 62.2 Å². The van der Waals surface area contributed by atoms with Gasteiger partial charge in [-0.3, -0.25) is 9.78 Å². The zero-order chi connectivity index (χ0) is 12.8. The maximum Gasteiger partial charge on any atom is 0.255 e. The molecule has 1 amide bonds. The molecule has 4 nitrogen and oxygen atoms in total. The summed E-state index contributed by atoms with van der Waals surface area (Å²) in [5.74, 6) is 0.0306. The number of rotatable bonds is 5. The van der Waals surface area contributed by atoms with Crippen molar-refractivity contribution in [1.29, 1.82) is 0 Å². The Morgan fingerprint density at radius 2 is 2.29 bits per heavy atom. The molecule has 0 spiro atoms. The molecule has 94 valence electrons. The van der Waals surface area contributed by atoms with Crippen LogP contribution in [0.1, 0.15) is 30.6 Å². The summed E-state index contributed by atoms with van der Waals surface area (Å²) < 4.78 is 0. The minimum atomic E-state index is -0.334. The molecule has 1 unspecified atom stereocenters. The van der Waals surface area contributed by atoms with Crippen LogP contribution in [0.3, 0.4) is 0 Å². The zero-order valence-corrected chi connectivity index (χ0v) is 10.7. The summed E-state index contributed by atoms with van der Waals surface area (Å²) in [7, 11) is 0. The largest absolute Gasteiger partial charge is 0.505 e. The van der Waals surface area contributed by atoms with Gasteiger partial charge in [0, 0.05) is 12.7 Å². The average molecular weight is 257 g/mol. The molecule has 0 fully saturated rings. The first-order valence-electron chi connectivity index (χ1n) is 5.56. The summed E-state index contributed by atoms with van der Waals surface area (Å²) in [6.45, 7) is 4.54. The first-order chi connectivity index (χ1) is 8.00. The van der Waals surface area contributed by atoms with Crippen molar-refractivity contribution < 1.29 is 9.90 Å². The Balaban J connectivity index is 2.48. The average Bonchev–Trinajstić information content (AvgIpc) is 2.25. The van der Waals surface area contributed by atoms with Gasteiger partial charge in [-0.05, 0) is 18.4 Å². The van der Waals surface area contributed by atoms with Crippen LogP contribution in [0.5, 0.6) is 5.75 Å². The number of alkyl halides is 1. The molecule has 0 aliphatic heterocycles. The fourth-order valence-corrected chi connectivity index (χ4v) is 1.91. The Bertz CT molecular complexity index is 383. The summed E-state index contributed by atoms with van der Waals surface area (Å²) in [5.41, 5.74) is 0.216. The molecular formula is C12H17ClN2O2. The van der Waals surface area contributed by atoms with E-state index >= 15 is 0 Å². The first kappa shape index (κ1) is 13.8. The summed E-state index contributed by atoms with van der Waals surface area (Å²) in [6.07, 6.45) is 3.53. The highest BCUT2D eigenvalue weighted by molar-refractivity contribution is 6.21. The van der Waals surface area contributed by atoms with Gasteiger partial charge < -0.3 is 10.4 Å². The number of carbonyl (C=O) groups excluding carboxylic acids is 1.